The first-order valence-electron chi connectivity index (χ1n) is 10.7. The standard InChI is InChI=1S/C25H36N/c1-3-4-5-6-7-14-21-26(2)24(22-15-10-8-11-16-22)19-20-25(26)23-17-12-9-13-18-23/h8-13,15-18,24-25H,3-7,14,19-21H2,1-2H3/q+1/t24-,25-/m0/s1. The maximum Gasteiger partial charge on any atom is 0.115 e. The summed E-state index contributed by atoms with van der Waals surface area (Å²) in [5, 5.41) is 0. The van der Waals surface area contributed by atoms with E-state index in [1.165, 1.54) is 73.5 Å². The van der Waals surface area contributed by atoms with Gasteiger partial charge in [0.1, 0.15) is 12.1 Å². The molecule has 3 rings (SSSR count). The molecule has 0 spiro atoms. The Hall–Kier alpha value is -1.60. The highest BCUT2D eigenvalue weighted by molar-refractivity contribution is 5.22. The van der Waals surface area contributed by atoms with Crippen LogP contribution in [0, 0.1) is 0 Å². The number of unbranched alkanes of at least 4 members (excludes halogenated alkanes) is 5. The average molecular weight is 351 g/mol. The molecule has 140 valence electrons. The third kappa shape index (κ3) is 4.38. The molecule has 0 bridgehead atoms. The van der Waals surface area contributed by atoms with Crippen molar-refractivity contribution in [1.82, 2.24) is 0 Å². The van der Waals surface area contributed by atoms with E-state index in [1.807, 2.05) is 0 Å². The van der Waals surface area contributed by atoms with Crippen molar-refractivity contribution in [2.75, 3.05) is 13.6 Å². The lowest BCUT2D eigenvalue weighted by molar-refractivity contribution is -0.954. The zero-order chi connectivity index (χ0) is 18.2. The zero-order valence-electron chi connectivity index (χ0n) is 16.7. The van der Waals surface area contributed by atoms with E-state index >= 15 is 0 Å². The van der Waals surface area contributed by atoms with Gasteiger partial charge in [0.25, 0.3) is 0 Å². The van der Waals surface area contributed by atoms with Crippen molar-refractivity contribution in [2.45, 2.75) is 70.4 Å². The summed E-state index contributed by atoms with van der Waals surface area (Å²) in [5.74, 6) is 0. The van der Waals surface area contributed by atoms with Gasteiger partial charge in [-0.05, 0) is 12.8 Å². The van der Waals surface area contributed by atoms with Crippen molar-refractivity contribution in [2.24, 2.45) is 0 Å². The molecular formula is C25H36N+. The number of rotatable bonds is 9. The predicted octanol–water partition coefficient (Wildman–Crippen LogP) is 7.07. The molecule has 26 heavy (non-hydrogen) atoms. The van der Waals surface area contributed by atoms with Crippen LogP contribution in [0.3, 0.4) is 0 Å². The van der Waals surface area contributed by atoms with Crippen LogP contribution < -0.4 is 0 Å². The molecule has 0 aliphatic carbocycles. The maximum absolute atomic E-state index is 2.52. The molecule has 1 heteroatoms. The fourth-order valence-electron chi connectivity index (χ4n) is 5.03. The van der Waals surface area contributed by atoms with Crippen LogP contribution in [0.1, 0.15) is 81.5 Å². The maximum atomic E-state index is 2.52. The minimum atomic E-state index is 0.636. The summed E-state index contributed by atoms with van der Waals surface area (Å²) in [4.78, 5) is 0. The highest BCUT2D eigenvalue weighted by Crippen LogP contribution is 2.49. The van der Waals surface area contributed by atoms with E-state index in [0.29, 0.717) is 12.1 Å². The van der Waals surface area contributed by atoms with Gasteiger partial charge in [0.15, 0.2) is 0 Å². The Balaban J connectivity index is 1.75. The predicted molar refractivity (Wildman–Crippen MR) is 112 cm³/mol. The van der Waals surface area contributed by atoms with Crippen LogP contribution in [0.15, 0.2) is 60.7 Å². The fraction of sp³-hybridized carbons (Fsp3) is 0.520. The molecule has 2 aromatic carbocycles. The van der Waals surface area contributed by atoms with Gasteiger partial charge in [-0.15, -0.1) is 0 Å². The summed E-state index contributed by atoms with van der Waals surface area (Å²) in [6.07, 6.45) is 10.9. The Bertz CT molecular complexity index is 586. The van der Waals surface area contributed by atoms with E-state index < -0.39 is 0 Å². The van der Waals surface area contributed by atoms with Crippen molar-refractivity contribution >= 4 is 0 Å². The monoisotopic (exact) mass is 350 g/mol. The number of hydrogen-bond donors (Lipinski definition) is 0. The Labute approximate surface area is 160 Å². The molecule has 1 aliphatic heterocycles. The van der Waals surface area contributed by atoms with E-state index in [0.717, 1.165) is 0 Å². The molecule has 1 aliphatic rings. The molecule has 0 N–H and O–H groups in total. The van der Waals surface area contributed by atoms with Gasteiger partial charge in [0.2, 0.25) is 0 Å². The molecule has 0 unspecified atom stereocenters. The minimum Gasteiger partial charge on any atom is -0.314 e. The topological polar surface area (TPSA) is 0 Å². The lowest BCUT2D eigenvalue weighted by Crippen LogP contribution is -2.45. The van der Waals surface area contributed by atoms with Gasteiger partial charge in [0.05, 0.1) is 13.6 Å². The second kappa shape index (κ2) is 9.37. The summed E-state index contributed by atoms with van der Waals surface area (Å²) in [5.41, 5.74) is 3.05. The Morgan fingerprint density at radius 1 is 0.692 bits per heavy atom. The Kier molecular flexibility index (Phi) is 6.91. The summed E-state index contributed by atoms with van der Waals surface area (Å²) in [6, 6.07) is 23.8. The molecule has 1 saturated heterocycles. The lowest BCUT2D eigenvalue weighted by Gasteiger charge is -2.42. The largest absolute Gasteiger partial charge is 0.314 e. The summed E-state index contributed by atoms with van der Waals surface area (Å²) < 4.78 is 1.18. The second-order valence-corrected chi connectivity index (χ2v) is 8.27. The van der Waals surface area contributed by atoms with Gasteiger partial charge in [-0.1, -0.05) is 93.3 Å². The summed E-state index contributed by atoms with van der Waals surface area (Å²) in [6.45, 7) is 3.59. The first-order valence-corrected chi connectivity index (χ1v) is 10.7. The van der Waals surface area contributed by atoms with Crippen LogP contribution in [0.2, 0.25) is 0 Å². The van der Waals surface area contributed by atoms with Crippen molar-refractivity contribution in [3.63, 3.8) is 0 Å². The molecule has 0 aromatic heterocycles. The molecular weight excluding hydrogens is 314 g/mol. The molecule has 0 radical (unpaired) electrons. The van der Waals surface area contributed by atoms with Crippen molar-refractivity contribution < 1.29 is 4.48 Å². The number of likely N-dealkylation sites (tertiary alicyclic amines) is 1. The lowest BCUT2D eigenvalue weighted by atomic mass is 10.0. The number of benzene rings is 2. The summed E-state index contributed by atoms with van der Waals surface area (Å²) in [7, 11) is 2.52. The van der Waals surface area contributed by atoms with Crippen molar-refractivity contribution in [3.05, 3.63) is 71.8 Å². The molecule has 2 aromatic rings. The van der Waals surface area contributed by atoms with Gasteiger partial charge in [-0.2, -0.15) is 0 Å². The van der Waals surface area contributed by atoms with Crippen molar-refractivity contribution in [3.8, 4) is 0 Å². The number of hydrogen-bond acceptors (Lipinski definition) is 0. The highest BCUT2D eigenvalue weighted by Gasteiger charge is 2.46. The zero-order valence-corrected chi connectivity index (χ0v) is 16.7. The van der Waals surface area contributed by atoms with Gasteiger partial charge in [-0.25, -0.2) is 0 Å². The fourth-order valence-corrected chi connectivity index (χ4v) is 5.03. The minimum absolute atomic E-state index is 0.636. The van der Waals surface area contributed by atoms with Crippen LogP contribution in [-0.2, 0) is 0 Å². The van der Waals surface area contributed by atoms with E-state index in [1.54, 1.807) is 0 Å². The van der Waals surface area contributed by atoms with Crippen LogP contribution >= 0.6 is 0 Å². The van der Waals surface area contributed by atoms with Gasteiger partial charge >= 0.3 is 0 Å². The molecule has 1 nitrogen and oxygen atoms in total. The average Bonchev–Trinajstić information content (AvgIpc) is 3.03. The molecule has 0 amide bonds. The molecule has 1 heterocycles. The van der Waals surface area contributed by atoms with Crippen molar-refractivity contribution in [1.29, 1.82) is 0 Å². The van der Waals surface area contributed by atoms with E-state index in [9.17, 15) is 0 Å². The number of nitrogens with zero attached hydrogens (tertiary/aromatic N) is 1. The van der Waals surface area contributed by atoms with Gasteiger partial charge < -0.3 is 4.48 Å². The SMILES string of the molecule is CCCCCCCC[N+]1(C)[C@H](c2ccccc2)CC[C@H]1c1ccccc1. The van der Waals surface area contributed by atoms with Crippen LogP contribution in [0.5, 0.6) is 0 Å². The first kappa shape index (κ1) is 19.2. The molecule has 1 fully saturated rings. The molecule has 0 saturated carbocycles. The Morgan fingerprint density at radius 3 is 1.65 bits per heavy atom. The van der Waals surface area contributed by atoms with Crippen LogP contribution in [0.25, 0.3) is 0 Å². The second-order valence-electron chi connectivity index (χ2n) is 8.27. The highest BCUT2D eigenvalue weighted by atomic mass is 15.4. The van der Waals surface area contributed by atoms with Crippen LogP contribution in [-0.4, -0.2) is 18.1 Å². The molecule has 2 atom stereocenters. The van der Waals surface area contributed by atoms with E-state index in [4.69, 9.17) is 0 Å². The first-order chi connectivity index (χ1) is 12.8. The normalized spacial score (nSPS) is 21.8. The Morgan fingerprint density at radius 2 is 1.15 bits per heavy atom. The van der Waals surface area contributed by atoms with E-state index in [-0.39, 0.29) is 0 Å². The smallest absolute Gasteiger partial charge is 0.115 e. The quantitative estimate of drug-likeness (QED) is 0.335. The number of quaternary nitrogens is 1. The third-order valence-corrected chi connectivity index (χ3v) is 6.50. The summed E-state index contributed by atoms with van der Waals surface area (Å²) >= 11 is 0. The van der Waals surface area contributed by atoms with E-state index in [2.05, 4.69) is 74.6 Å². The van der Waals surface area contributed by atoms with Gasteiger partial charge in [-0.3, -0.25) is 0 Å². The third-order valence-electron chi connectivity index (χ3n) is 6.50. The van der Waals surface area contributed by atoms with Gasteiger partial charge in [0, 0.05) is 24.0 Å². The van der Waals surface area contributed by atoms with Crippen LogP contribution in [0.4, 0.5) is 0 Å².